The second-order valence-corrected chi connectivity index (χ2v) is 6.77. The largest absolute Gasteiger partial charge is 0.501 e. The van der Waals surface area contributed by atoms with Crippen molar-refractivity contribution < 1.29 is 19.0 Å². The van der Waals surface area contributed by atoms with Crippen molar-refractivity contribution in [3.8, 4) is 5.75 Å². The molecule has 0 radical (unpaired) electrons. The minimum atomic E-state index is -0.861. The molecule has 138 valence electrons. The second-order valence-electron chi connectivity index (χ2n) is 6.77. The molecule has 1 aliphatic rings. The van der Waals surface area contributed by atoms with Gasteiger partial charge < -0.3 is 15.2 Å². The summed E-state index contributed by atoms with van der Waals surface area (Å²) in [4.78, 5) is 29.0. The number of aromatic hydroxyl groups is 1. The van der Waals surface area contributed by atoms with Crippen LogP contribution < -0.4 is 10.9 Å². The average molecular weight is 361 g/mol. The molecule has 1 aliphatic heterocycles. The monoisotopic (exact) mass is 361 g/mol. The molecule has 0 saturated heterocycles. The van der Waals surface area contributed by atoms with E-state index in [4.69, 9.17) is 4.74 Å². The molecule has 0 aliphatic carbocycles. The summed E-state index contributed by atoms with van der Waals surface area (Å²) in [6.45, 7) is 5.82. The van der Waals surface area contributed by atoms with Crippen LogP contribution in [0.3, 0.4) is 0 Å². The molecule has 2 heterocycles. The minimum Gasteiger partial charge on any atom is -0.501 e. The van der Waals surface area contributed by atoms with Crippen molar-refractivity contribution in [2.45, 2.75) is 39.5 Å². The first kappa shape index (κ1) is 18.1. The number of nitrogens with zero attached hydrogens (tertiary/aromatic N) is 2. The van der Waals surface area contributed by atoms with E-state index in [9.17, 15) is 19.1 Å². The lowest BCUT2D eigenvalue weighted by Crippen LogP contribution is -2.42. The summed E-state index contributed by atoms with van der Waals surface area (Å²) < 4.78 is 20.4. The normalized spacial score (nSPS) is 15.4. The Morgan fingerprint density at radius 1 is 1.42 bits per heavy atom. The number of ether oxygens (including phenoxy) is 1. The van der Waals surface area contributed by atoms with Gasteiger partial charge in [-0.25, -0.2) is 9.37 Å². The van der Waals surface area contributed by atoms with E-state index in [-0.39, 0.29) is 24.6 Å². The maximum atomic E-state index is 13.4. The Hall–Kier alpha value is -2.74. The van der Waals surface area contributed by atoms with Gasteiger partial charge in [-0.3, -0.25) is 14.2 Å². The SMILES string of the molecule is Cc1cc(F)cc(CNC(=O)c2nc3n(c(=O)c2O)CCOC3(C)C)c1. The third kappa shape index (κ3) is 3.32. The summed E-state index contributed by atoms with van der Waals surface area (Å²) in [6.07, 6.45) is 0. The molecule has 0 saturated carbocycles. The van der Waals surface area contributed by atoms with Gasteiger partial charge in [0.25, 0.3) is 11.5 Å². The Morgan fingerprint density at radius 3 is 2.85 bits per heavy atom. The molecule has 7 nitrogen and oxygen atoms in total. The number of amides is 1. The Labute approximate surface area is 149 Å². The van der Waals surface area contributed by atoms with Gasteiger partial charge in [0.15, 0.2) is 5.69 Å². The number of halogens is 1. The van der Waals surface area contributed by atoms with Gasteiger partial charge in [0.05, 0.1) is 13.2 Å². The molecule has 1 aromatic carbocycles. The fourth-order valence-electron chi connectivity index (χ4n) is 3.01. The first-order valence-corrected chi connectivity index (χ1v) is 8.21. The van der Waals surface area contributed by atoms with E-state index in [1.54, 1.807) is 26.8 Å². The van der Waals surface area contributed by atoms with Crippen LogP contribution in [0.4, 0.5) is 4.39 Å². The van der Waals surface area contributed by atoms with Gasteiger partial charge in [-0.2, -0.15) is 0 Å². The highest BCUT2D eigenvalue weighted by Gasteiger charge is 2.34. The molecule has 0 atom stereocenters. The highest BCUT2D eigenvalue weighted by atomic mass is 19.1. The van der Waals surface area contributed by atoms with Crippen molar-refractivity contribution in [3.63, 3.8) is 0 Å². The van der Waals surface area contributed by atoms with Crippen molar-refractivity contribution in [2.24, 2.45) is 0 Å². The second kappa shape index (κ2) is 6.53. The van der Waals surface area contributed by atoms with Crippen LogP contribution in [-0.4, -0.2) is 27.2 Å². The van der Waals surface area contributed by atoms with Crippen LogP contribution in [0.1, 0.15) is 41.3 Å². The van der Waals surface area contributed by atoms with Crippen molar-refractivity contribution in [3.05, 3.63) is 57.0 Å². The molecule has 0 unspecified atom stereocenters. The predicted octanol–water partition coefficient (Wildman–Crippen LogP) is 1.59. The van der Waals surface area contributed by atoms with E-state index >= 15 is 0 Å². The summed E-state index contributed by atoms with van der Waals surface area (Å²) in [5.41, 5.74) is -0.624. The quantitative estimate of drug-likeness (QED) is 0.866. The highest BCUT2D eigenvalue weighted by molar-refractivity contribution is 5.94. The summed E-state index contributed by atoms with van der Waals surface area (Å²) in [5.74, 6) is -1.55. The number of carbonyl (C=O) groups excluding carboxylic acids is 1. The molecule has 0 bridgehead atoms. The number of nitrogens with one attached hydrogen (secondary N) is 1. The van der Waals surface area contributed by atoms with Crippen LogP contribution in [0.2, 0.25) is 0 Å². The average Bonchev–Trinajstić information content (AvgIpc) is 2.55. The molecule has 8 heteroatoms. The first-order chi connectivity index (χ1) is 12.2. The summed E-state index contributed by atoms with van der Waals surface area (Å²) in [6, 6.07) is 4.42. The Bertz CT molecular complexity index is 917. The van der Waals surface area contributed by atoms with Crippen molar-refractivity contribution in [2.75, 3.05) is 6.61 Å². The van der Waals surface area contributed by atoms with Gasteiger partial charge in [0.2, 0.25) is 5.75 Å². The smallest absolute Gasteiger partial charge is 0.296 e. The molecule has 26 heavy (non-hydrogen) atoms. The molecule has 2 aromatic rings. The standard InChI is InChI=1S/C18H20FN3O4/c1-10-6-11(8-12(19)7-10)9-20-15(24)13-14(23)16(25)22-4-5-26-18(2,3)17(22)21-13/h6-8,23H,4-5,9H2,1-3H3,(H,20,24). The number of aryl methyl sites for hydroxylation is 1. The fourth-order valence-corrected chi connectivity index (χ4v) is 3.01. The molecule has 0 fully saturated rings. The Kier molecular flexibility index (Phi) is 4.53. The van der Waals surface area contributed by atoms with Crippen LogP contribution in [0.15, 0.2) is 23.0 Å². The van der Waals surface area contributed by atoms with Crippen LogP contribution in [0.25, 0.3) is 0 Å². The molecule has 0 spiro atoms. The van der Waals surface area contributed by atoms with Gasteiger partial charge in [0, 0.05) is 6.54 Å². The van der Waals surface area contributed by atoms with Crippen molar-refractivity contribution in [1.29, 1.82) is 0 Å². The lowest BCUT2D eigenvalue weighted by atomic mass is 10.1. The number of hydrogen-bond acceptors (Lipinski definition) is 5. The van der Waals surface area contributed by atoms with Crippen LogP contribution in [0, 0.1) is 12.7 Å². The number of rotatable bonds is 3. The van der Waals surface area contributed by atoms with E-state index in [0.717, 1.165) is 5.56 Å². The lowest BCUT2D eigenvalue weighted by Gasteiger charge is -2.32. The molecule has 3 rings (SSSR count). The predicted molar refractivity (Wildman–Crippen MR) is 91.4 cm³/mol. The van der Waals surface area contributed by atoms with E-state index in [1.165, 1.54) is 16.7 Å². The number of aromatic nitrogens is 2. The first-order valence-electron chi connectivity index (χ1n) is 8.21. The van der Waals surface area contributed by atoms with Crippen LogP contribution in [0.5, 0.6) is 5.75 Å². The van der Waals surface area contributed by atoms with Gasteiger partial charge >= 0.3 is 0 Å². The van der Waals surface area contributed by atoms with Gasteiger partial charge in [-0.1, -0.05) is 6.07 Å². The maximum Gasteiger partial charge on any atom is 0.296 e. The summed E-state index contributed by atoms with van der Waals surface area (Å²) in [5, 5.41) is 12.7. The number of hydrogen-bond donors (Lipinski definition) is 2. The number of fused-ring (bicyclic) bond motifs is 1. The fraction of sp³-hybridized carbons (Fsp3) is 0.389. The van der Waals surface area contributed by atoms with Gasteiger partial charge in [-0.15, -0.1) is 0 Å². The Morgan fingerprint density at radius 2 is 2.15 bits per heavy atom. The topological polar surface area (TPSA) is 93.5 Å². The van der Waals surface area contributed by atoms with Crippen LogP contribution >= 0.6 is 0 Å². The van der Waals surface area contributed by atoms with Gasteiger partial charge in [-0.05, 0) is 44.0 Å². The third-order valence-corrected chi connectivity index (χ3v) is 4.23. The maximum absolute atomic E-state index is 13.4. The van der Waals surface area contributed by atoms with Crippen molar-refractivity contribution >= 4 is 5.91 Å². The number of carbonyl (C=O) groups is 1. The molecule has 2 N–H and O–H groups in total. The molecule has 1 aromatic heterocycles. The lowest BCUT2D eigenvalue weighted by molar-refractivity contribution is -0.0566. The molecule has 1 amide bonds. The molecular weight excluding hydrogens is 341 g/mol. The summed E-state index contributed by atoms with van der Waals surface area (Å²) in [7, 11) is 0. The zero-order valence-corrected chi connectivity index (χ0v) is 14.8. The molecular formula is C18H20FN3O4. The van der Waals surface area contributed by atoms with E-state index in [0.29, 0.717) is 12.2 Å². The zero-order chi connectivity index (χ0) is 19.1. The van der Waals surface area contributed by atoms with Crippen LogP contribution in [-0.2, 0) is 23.4 Å². The van der Waals surface area contributed by atoms with Gasteiger partial charge in [0.1, 0.15) is 17.2 Å². The summed E-state index contributed by atoms with van der Waals surface area (Å²) >= 11 is 0. The van der Waals surface area contributed by atoms with Crippen molar-refractivity contribution in [1.82, 2.24) is 14.9 Å². The minimum absolute atomic E-state index is 0.0386. The third-order valence-electron chi connectivity index (χ3n) is 4.23. The highest BCUT2D eigenvalue weighted by Crippen LogP contribution is 2.27. The van der Waals surface area contributed by atoms with E-state index in [2.05, 4.69) is 10.3 Å². The zero-order valence-electron chi connectivity index (χ0n) is 14.8. The number of benzene rings is 1. The Balaban J connectivity index is 1.90. The van der Waals surface area contributed by atoms with E-state index < -0.39 is 28.6 Å². The van der Waals surface area contributed by atoms with E-state index in [1.807, 2.05) is 0 Å².